The average molecular weight is 218 g/mol. The lowest BCUT2D eigenvalue weighted by atomic mass is 9.95. The van der Waals surface area contributed by atoms with Crippen molar-refractivity contribution in [3.8, 4) is 0 Å². The smallest absolute Gasteiger partial charge is 0.226 e. The molecule has 86 valence electrons. The molecule has 0 spiro atoms. The van der Waals surface area contributed by atoms with E-state index in [2.05, 4.69) is 17.4 Å². The predicted molar refractivity (Wildman–Crippen MR) is 63.9 cm³/mol. The van der Waals surface area contributed by atoms with Crippen molar-refractivity contribution in [3.05, 3.63) is 35.9 Å². The van der Waals surface area contributed by atoms with E-state index in [9.17, 15) is 4.79 Å². The zero-order chi connectivity index (χ0) is 11.4. The summed E-state index contributed by atoms with van der Waals surface area (Å²) in [5.41, 5.74) is 6.47. The molecule has 0 atom stereocenters. The number of rotatable bonds is 5. The van der Waals surface area contributed by atoms with Crippen LogP contribution >= 0.6 is 0 Å². The monoisotopic (exact) mass is 218 g/mol. The van der Waals surface area contributed by atoms with Crippen LogP contribution in [0.1, 0.15) is 18.4 Å². The molecule has 3 nitrogen and oxygen atoms in total. The number of nitrogens with two attached hydrogens (primary N) is 1. The SMILES string of the molecule is NCCNC(=O)C1(Cc2ccccc2)CC1. The molecule has 0 bridgehead atoms. The molecule has 0 saturated heterocycles. The summed E-state index contributed by atoms with van der Waals surface area (Å²) in [5.74, 6) is 0.168. The van der Waals surface area contributed by atoms with Crippen molar-refractivity contribution >= 4 is 5.91 Å². The van der Waals surface area contributed by atoms with Gasteiger partial charge in [0.2, 0.25) is 5.91 Å². The van der Waals surface area contributed by atoms with Gasteiger partial charge in [-0.25, -0.2) is 0 Å². The molecule has 1 amide bonds. The lowest BCUT2D eigenvalue weighted by Gasteiger charge is -2.14. The molecule has 1 fully saturated rings. The van der Waals surface area contributed by atoms with Gasteiger partial charge in [0.05, 0.1) is 5.41 Å². The van der Waals surface area contributed by atoms with E-state index < -0.39 is 0 Å². The molecular weight excluding hydrogens is 200 g/mol. The van der Waals surface area contributed by atoms with Crippen molar-refractivity contribution in [1.82, 2.24) is 5.32 Å². The van der Waals surface area contributed by atoms with Crippen molar-refractivity contribution < 1.29 is 4.79 Å². The molecule has 0 heterocycles. The van der Waals surface area contributed by atoms with Crippen LogP contribution in [0.3, 0.4) is 0 Å². The summed E-state index contributed by atoms with van der Waals surface area (Å²) in [5, 5.41) is 2.89. The first-order chi connectivity index (χ1) is 7.77. The van der Waals surface area contributed by atoms with Crippen molar-refractivity contribution in [1.29, 1.82) is 0 Å². The fourth-order valence-electron chi connectivity index (χ4n) is 1.99. The van der Waals surface area contributed by atoms with Crippen LogP contribution in [0.2, 0.25) is 0 Å². The first kappa shape index (κ1) is 11.1. The van der Waals surface area contributed by atoms with Crippen LogP contribution in [0, 0.1) is 5.41 Å². The van der Waals surface area contributed by atoms with Crippen molar-refractivity contribution in [2.24, 2.45) is 11.1 Å². The second kappa shape index (κ2) is 4.66. The molecular formula is C13H18N2O. The average Bonchev–Trinajstić information content (AvgIpc) is 3.08. The van der Waals surface area contributed by atoms with E-state index in [0.717, 1.165) is 19.3 Å². The quantitative estimate of drug-likeness (QED) is 0.777. The minimum atomic E-state index is -0.142. The van der Waals surface area contributed by atoms with Gasteiger partial charge in [-0.1, -0.05) is 30.3 Å². The van der Waals surface area contributed by atoms with Gasteiger partial charge in [-0.2, -0.15) is 0 Å². The molecule has 0 aliphatic heterocycles. The second-order valence-electron chi connectivity index (χ2n) is 4.49. The highest BCUT2D eigenvalue weighted by molar-refractivity contribution is 5.85. The maximum Gasteiger partial charge on any atom is 0.226 e. The molecule has 1 saturated carbocycles. The van der Waals surface area contributed by atoms with Gasteiger partial charge in [0.15, 0.2) is 0 Å². The third-order valence-corrected chi connectivity index (χ3v) is 3.15. The fraction of sp³-hybridized carbons (Fsp3) is 0.462. The first-order valence-electron chi connectivity index (χ1n) is 5.79. The number of hydrogen-bond donors (Lipinski definition) is 2. The van der Waals surface area contributed by atoms with Crippen LogP contribution in [-0.4, -0.2) is 19.0 Å². The summed E-state index contributed by atoms with van der Waals surface area (Å²) >= 11 is 0. The minimum absolute atomic E-state index is 0.142. The Balaban J connectivity index is 1.96. The largest absolute Gasteiger partial charge is 0.354 e. The molecule has 16 heavy (non-hydrogen) atoms. The Morgan fingerprint density at radius 1 is 1.31 bits per heavy atom. The molecule has 1 aromatic rings. The summed E-state index contributed by atoms with van der Waals surface area (Å²) in [4.78, 5) is 11.9. The predicted octanol–water partition coefficient (Wildman–Crippen LogP) is 1.08. The van der Waals surface area contributed by atoms with Gasteiger partial charge in [-0.05, 0) is 24.8 Å². The zero-order valence-electron chi connectivity index (χ0n) is 9.41. The van der Waals surface area contributed by atoms with Crippen molar-refractivity contribution in [2.45, 2.75) is 19.3 Å². The van der Waals surface area contributed by atoms with Gasteiger partial charge in [-0.3, -0.25) is 4.79 Å². The van der Waals surface area contributed by atoms with Gasteiger partial charge in [0.1, 0.15) is 0 Å². The van der Waals surface area contributed by atoms with Crippen LogP contribution in [0.4, 0.5) is 0 Å². The summed E-state index contributed by atoms with van der Waals surface area (Å²) in [6.07, 6.45) is 2.85. The Morgan fingerprint density at radius 3 is 2.56 bits per heavy atom. The second-order valence-corrected chi connectivity index (χ2v) is 4.49. The Bertz CT molecular complexity index is 357. The third kappa shape index (κ3) is 2.42. The van der Waals surface area contributed by atoms with E-state index in [-0.39, 0.29) is 11.3 Å². The number of carbonyl (C=O) groups excluding carboxylic acids is 1. The van der Waals surface area contributed by atoms with Crippen LogP contribution in [0.25, 0.3) is 0 Å². The Kier molecular flexibility index (Phi) is 3.25. The molecule has 1 aliphatic rings. The van der Waals surface area contributed by atoms with Crippen LogP contribution in [0.5, 0.6) is 0 Å². The lowest BCUT2D eigenvalue weighted by Crippen LogP contribution is -2.36. The topological polar surface area (TPSA) is 55.1 Å². The van der Waals surface area contributed by atoms with Crippen LogP contribution in [-0.2, 0) is 11.2 Å². The molecule has 3 heteroatoms. The molecule has 1 aliphatic carbocycles. The molecule has 0 aromatic heterocycles. The van der Waals surface area contributed by atoms with Gasteiger partial charge < -0.3 is 11.1 Å². The highest BCUT2D eigenvalue weighted by Crippen LogP contribution is 2.48. The van der Waals surface area contributed by atoms with E-state index in [1.165, 1.54) is 5.56 Å². The highest BCUT2D eigenvalue weighted by atomic mass is 16.2. The van der Waals surface area contributed by atoms with Gasteiger partial charge >= 0.3 is 0 Å². The lowest BCUT2D eigenvalue weighted by molar-refractivity contribution is -0.126. The van der Waals surface area contributed by atoms with Gasteiger partial charge in [-0.15, -0.1) is 0 Å². The summed E-state index contributed by atoms with van der Waals surface area (Å²) in [7, 11) is 0. The summed E-state index contributed by atoms with van der Waals surface area (Å²) < 4.78 is 0. The standard InChI is InChI=1S/C13H18N2O/c14-8-9-15-12(16)13(6-7-13)10-11-4-2-1-3-5-11/h1-5H,6-10,14H2,(H,15,16). The molecule has 0 radical (unpaired) electrons. The Hall–Kier alpha value is -1.35. The van der Waals surface area contributed by atoms with Crippen LogP contribution in [0.15, 0.2) is 30.3 Å². The molecule has 2 rings (SSSR count). The molecule has 0 unspecified atom stereocenters. The van der Waals surface area contributed by atoms with E-state index in [4.69, 9.17) is 5.73 Å². The Morgan fingerprint density at radius 2 is 2.00 bits per heavy atom. The third-order valence-electron chi connectivity index (χ3n) is 3.15. The maximum absolute atomic E-state index is 11.9. The number of benzene rings is 1. The van der Waals surface area contributed by atoms with Gasteiger partial charge in [0.25, 0.3) is 0 Å². The normalized spacial score (nSPS) is 16.8. The zero-order valence-corrected chi connectivity index (χ0v) is 9.41. The van der Waals surface area contributed by atoms with Crippen LogP contribution < -0.4 is 11.1 Å². The van der Waals surface area contributed by atoms with E-state index >= 15 is 0 Å². The maximum atomic E-state index is 11.9. The van der Waals surface area contributed by atoms with E-state index in [0.29, 0.717) is 13.1 Å². The summed E-state index contributed by atoms with van der Waals surface area (Å²) in [6.45, 7) is 1.09. The number of hydrogen-bond acceptors (Lipinski definition) is 2. The van der Waals surface area contributed by atoms with Gasteiger partial charge in [0, 0.05) is 13.1 Å². The number of carbonyl (C=O) groups is 1. The first-order valence-corrected chi connectivity index (χ1v) is 5.79. The number of nitrogens with one attached hydrogen (secondary N) is 1. The van der Waals surface area contributed by atoms with E-state index in [1.807, 2.05) is 18.2 Å². The Labute approximate surface area is 96.0 Å². The van der Waals surface area contributed by atoms with Crippen molar-refractivity contribution in [2.75, 3.05) is 13.1 Å². The molecule has 1 aromatic carbocycles. The fourth-order valence-corrected chi connectivity index (χ4v) is 1.99. The van der Waals surface area contributed by atoms with E-state index in [1.54, 1.807) is 0 Å². The molecule has 3 N–H and O–H groups in total. The van der Waals surface area contributed by atoms with Crippen molar-refractivity contribution in [3.63, 3.8) is 0 Å². The highest BCUT2D eigenvalue weighted by Gasteiger charge is 2.49. The number of amides is 1. The summed E-state index contributed by atoms with van der Waals surface area (Å²) in [6, 6.07) is 10.2. The minimum Gasteiger partial charge on any atom is -0.354 e.